The third-order valence-electron chi connectivity index (χ3n) is 5.62. The van der Waals surface area contributed by atoms with Crippen molar-refractivity contribution in [2.75, 3.05) is 0 Å². The largest absolute Gasteiger partial charge is 0.386 e. The molecular formula is C22H43N. The highest BCUT2D eigenvalue weighted by atomic mass is 14.9. The van der Waals surface area contributed by atoms with Crippen LogP contribution in [0.5, 0.6) is 0 Å². The molecule has 0 bridgehead atoms. The highest BCUT2D eigenvalue weighted by Crippen LogP contribution is 2.22. The van der Waals surface area contributed by atoms with E-state index in [1.165, 1.54) is 108 Å². The van der Waals surface area contributed by atoms with Gasteiger partial charge in [-0.2, -0.15) is 0 Å². The van der Waals surface area contributed by atoms with Crippen molar-refractivity contribution in [1.82, 2.24) is 5.32 Å². The van der Waals surface area contributed by atoms with E-state index in [2.05, 4.69) is 25.7 Å². The summed E-state index contributed by atoms with van der Waals surface area (Å²) in [5.74, 6) is 1.00. The maximum atomic E-state index is 4.21. The second-order valence-electron chi connectivity index (χ2n) is 7.93. The number of rotatable bonds is 1. The quantitative estimate of drug-likeness (QED) is 0.531. The van der Waals surface area contributed by atoms with Crippen LogP contribution in [-0.2, 0) is 0 Å². The highest BCUT2D eigenvalue weighted by molar-refractivity contribution is 4.92. The fourth-order valence-corrected chi connectivity index (χ4v) is 3.94. The van der Waals surface area contributed by atoms with Gasteiger partial charge in [-0.1, -0.05) is 97.0 Å². The van der Waals surface area contributed by atoms with Gasteiger partial charge < -0.3 is 5.32 Å². The summed E-state index contributed by atoms with van der Waals surface area (Å²) < 4.78 is 0. The molecule has 0 spiro atoms. The van der Waals surface area contributed by atoms with Crippen LogP contribution in [0, 0.1) is 5.92 Å². The topological polar surface area (TPSA) is 12.0 Å². The van der Waals surface area contributed by atoms with Gasteiger partial charge in [0.25, 0.3) is 0 Å². The Bertz CT molecular complexity index is 284. The molecule has 2 unspecified atom stereocenters. The van der Waals surface area contributed by atoms with Crippen LogP contribution < -0.4 is 5.32 Å². The summed E-state index contributed by atoms with van der Waals surface area (Å²) in [6.45, 7) is 8.92. The average molecular weight is 322 g/mol. The summed E-state index contributed by atoms with van der Waals surface area (Å²) in [5, 5.41) is 3.61. The molecule has 0 aliphatic carbocycles. The molecule has 2 atom stereocenters. The first-order chi connectivity index (χ1) is 11.2. The first-order valence-electron chi connectivity index (χ1n) is 10.7. The van der Waals surface area contributed by atoms with E-state index in [9.17, 15) is 0 Å². The Morgan fingerprint density at radius 2 is 1.26 bits per heavy atom. The summed E-state index contributed by atoms with van der Waals surface area (Å²) in [7, 11) is 0. The average Bonchev–Trinajstić information content (AvgIpc) is 2.53. The second kappa shape index (κ2) is 13.9. The monoisotopic (exact) mass is 321 g/mol. The first kappa shape index (κ1) is 20.6. The minimum atomic E-state index is 0.606. The van der Waals surface area contributed by atoms with Gasteiger partial charge in [-0.25, -0.2) is 0 Å². The predicted octanol–water partition coefficient (Wildman–Crippen LogP) is 7.37. The van der Waals surface area contributed by atoms with Gasteiger partial charge in [-0.15, -0.1) is 0 Å². The second-order valence-corrected chi connectivity index (χ2v) is 7.93. The van der Waals surface area contributed by atoms with Crippen molar-refractivity contribution in [2.24, 2.45) is 5.92 Å². The normalized spacial score (nSPS) is 28.2. The molecule has 0 radical (unpaired) electrons. The highest BCUT2D eigenvalue weighted by Gasteiger charge is 2.07. The molecule has 1 N–H and O–H groups in total. The molecule has 1 nitrogen and oxygen atoms in total. The predicted molar refractivity (Wildman–Crippen MR) is 105 cm³/mol. The lowest BCUT2D eigenvalue weighted by molar-refractivity contribution is 0.392. The zero-order chi connectivity index (χ0) is 16.8. The van der Waals surface area contributed by atoms with Crippen LogP contribution in [0.25, 0.3) is 0 Å². The smallest absolute Gasteiger partial charge is 0.0229 e. The summed E-state index contributed by atoms with van der Waals surface area (Å²) in [5.41, 5.74) is 1.27. The number of nitrogens with one attached hydrogen (secondary N) is 1. The van der Waals surface area contributed by atoms with Crippen LogP contribution in [0.2, 0.25) is 0 Å². The third-order valence-corrected chi connectivity index (χ3v) is 5.62. The maximum Gasteiger partial charge on any atom is 0.0229 e. The van der Waals surface area contributed by atoms with Crippen LogP contribution in [-0.4, -0.2) is 6.04 Å². The van der Waals surface area contributed by atoms with Crippen molar-refractivity contribution < 1.29 is 0 Å². The van der Waals surface area contributed by atoms with Gasteiger partial charge in [0.05, 0.1) is 0 Å². The lowest BCUT2D eigenvalue weighted by atomic mass is 9.92. The van der Waals surface area contributed by atoms with Crippen LogP contribution in [0.15, 0.2) is 12.3 Å². The molecule has 1 rings (SSSR count). The number of hydrogen-bond donors (Lipinski definition) is 1. The number of hydrogen-bond acceptors (Lipinski definition) is 1. The van der Waals surface area contributed by atoms with Crippen LogP contribution in [0.1, 0.15) is 117 Å². The van der Waals surface area contributed by atoms with Crippen LogP contribution >= 0.6 is 0 Å². The number of allylic oxidation sites excluding steroid dienone is 1. The van der Waals surface area contributed by atoms with Crippen molar-refractivity contribution in [1.29, 1.82) is 0 Å². The SMILES string of the molecule is C=C1CCCCCCCCC(CC)CCCCCCCC(C)N1. The molecule has 1 fully saturated rings. The van der Waals surface area contributed by atoms with Gasteiger partial charge >= 0.3 is 0 Å². The molecule has 1 aliphatic heterocycles. The van der Waals surface area contributed by atoms with E-state index in [4.69, 9.17) is 0 Å². The Morgan fingerprint density at radius 3 is 1.83 bits per heavy atom. The first-order valence-corrected chi connectivity index (χ1v) is 10.7. The summed E-state index contributed by atoms with van der Waals surface area (Å²) in [6, 6.07) is 0.606. The van der Waals surface area contributed by atoms with Gasteiger partial charge in [-0.05, 0) is 32.1 Å². The van der Waals surface area contributed by atoms with Gasteiger partial charge in [0, 0.05) is 11.7 Å². The molecule has 1 heterocycles. The summed E-state index contributed by atoms with van der Waals surface area (Å²) >= 11 is 0. The van der Waals surface area contributed by atoms with E-state index in [1.54, 1.807) is 0 Å². The molecule has 0 saturated carbocycles. The Hall–Kier alpha value is -0.460. The van der Waals surface area contributed by atoms with Crippen molar-refractivity contribution in [3.63, 3.8) is 0 Å². The van der Waals surface area contributed by atoms with E-state index in [0.717, 1.165) is 5.92 Å². The van der Waals surface area contributed by atoms with Gasteiger partial charge in [-0.3, -0.25) is 0 Å². The van der Waals surface area contributed by atoms with E-state index >= 15 is 0 Å². The minimum Gasteiger partial charge on any atom is -0.386 e. The molecule has 136 valence electrons. The van der Waals surface area contributed by atoms with E-state index in [1.807, 2.05) is 0 Å². The van der Waals surface area contributed by atoms with Gasteiger partial charge in [0.15, 0.2) is 0 Å². The fraction of sp³-hybridized carbons (Fsp3) is 0.909. The third kappa shape index (κ3) is 11.7. The molecule has 1 saturated heterocycles. The fourth-order valence-electron chi connectivity index (χ4n) is 3.94. The van der Waals surface area contributed by atoms with Crippen molar-refractivity contribution >= 4 is 0 Å². The zero-order valence-corrected chi connectivity index (χ0v) is 16.2. The Kier molecular flexibility index (Phi) is 12.5. The lowest BCUT2D eigenvalue weighted by Gasteiger charge is -2.17. The van der Waals surface area contributed by atoms with Crippen molar-refractivity contribution in [3.05, 3.63) is 12.3 Å². The minimum absolute atomic E-state index is 0.606. The van der Waals surface area contributed by atoms with E-state index in [0.29, 0.717) is 6.04 Å². The summed E-state index contributed by atoms with van der Waals surface area (Å²) in [6.07, 6.45) is 22.4. The van der Waals surface area contributed by atoms with Crippen molar-refractivity contribution in [3.8, 4) is 0 Å². The van der Waals surface area contributed by atoms with Crippen molar-refractivity contribution in [2.45, 2.75) is 123 Å². The zero-order valence-electron chi connectivity index (χ0n) is 16.2. The van der Waals surface area contributed by atoms with Gasteiger partial charge in [0.1, 0.15) is 0 Å². The molecule has 1 aliphatic rings. The Balaban J connectivity index is 2.29. The van der Waals surface area contributed by atoms with Crippen LogP contribution in [0.4, 0.5) is 0 Å². The molecule has 23 heavy (non-hydrogen) atoms. The lowest BCUT2D eigenvalue weighted by Crippen LogP contribution is -2.24. The molecule has 0 amide bonds. The molecule has 0 aromatic carbocycles. The Labute approximate surface area is 146 Å². The van der Waals surface area contributed by atoms with Gasteiger partial charge in [0.2, 0.25) is 0 Å². The van der Waals surface area contributed by atoms with E-state index < -0.39 is 0 Å². The Morgan fingerprint density at radius 1 is 0.783 bits per heavy atom. The van der Waals surface area contributed by atoms with Crippen LogP contribution in [0.3, 0.4) is 0 Å². The maximum absolute atomic E-state index is 4.21. The molecule has 0 aromatic heterocycles. The van der Waals surface area contributed by atoms with E-state index in [-0.39, 0.29) is 0 Å². The molecule has 1 heteroatoms. The summed E-state index contributed by atoms with van der Waals surface area (Å²) in [4.78, 5) is 0. The molecular weight excluding hydrogens is 278 g/mol. The molecule has 0 aromatic rings. The standard InChI is InChI=1S/C22H43N/c1-4-22-18-14-10-6-5-8-12-16-20(2)23-21(3)17-13-9-7-11-15-19-22/h21-23H,2,4-19H2,1,3H3.